The van der Waals surface area contributed by atoms with Crippen molar-refractivity contribution in [3.05, 3.63) is 23.9 Å². The molecule has 1 fully saturated rings. The van der Waals surface area contributed by atoms with E-state index in [1.807, 2.05) is 0 Å². The van der Waals surface area contributed by atoms with Crippen LogP contribution in [0.4, 0.5) is 5.82 Å². The van der Waals surface area contributed by atoms with Crippen molar-refractivity contribution >= 4 is 5.82 Å². The Bertz CT molecular complexity index is 413. The van der Waals surface area contributed by atoms with Gasteiger partial charge in [-0.3, -0.25) is 9.80 Å². The monoisotopic (exact) mass is 290 g/mol. The summed E-state index contributed by atoms with van der Waals surface area (Å²) in [7, 11) is 0. The average Bonchev–Trinajstić information content (AvgIpc) is 2.53. The van der Waals surface area contributed by atoms with Crippen molar-refractivity contribution in [1.29, 1.82) is 0 Å². The van der Waals surface area contributed by atoms with Crippen LogP contribution in [0.2, 0.25) is 0 Å². The molecule has 1 aromatic rings. The lowest BCUT2D eigenvalue weighted by atomic mass is 10.2. The van der Waals surface area contributed by atoms with Crippen LogP contribution in [-0.2, 0) is 6.54 Å². The maximum atomic E-state index is 4.71. The van der Waals surface area contributed by atoms with Crippen molar-refractivity contribution in [1.82, 2.24) is 14.8 Å². The minimum atomic E-state index is 0.715. The van der Waals surface area contributed by atoms with Crippen LogP contribution >= 0.6 is 0 Å². The molecule has 1 aliphatic rings. The molecule has 21 heavy (non-hydrogen) atoms. The van der Waals surface area contributed by atoms with Crippen molar-refractivity contribution in [2.24, 2.45) is 0 Å². The molecule has 1 atom stereocenters. The Labute approximate surface area is 129 Å². The van der Waals surface area contributed by atoms with E-state index in [1.54, 1.807) is 0 Å². The standard InChI is InChI=1S/C17H30N4/c1-4-9-18-17-8-6-7-16(19-17)14-20-10-12-21(13-11-20)15(3)5-2/h6-8,15H,4-5,9-14H2,1-3H3,(H,18,19). The Balaban J connectivity index is 1.83. The van der Waals surface area contributed by atoms with Crippen LogP contribution in [0.3, 0.4) is 0 Å². The third-order valence-electron chi connectivity index (χ3n) is 4.37. The first-order valence-corrected chi connectivity index (χ1v) is 8.39. The van der Waals surface area contributed by atoms with Crippen LogP contribution in [0.1, 0.15) is 39.3 Å². The number of nitrogens with one attached hydrogen (secondary N) is 1. The summed E-state index contributed by atoms with van der Waals surface area (Å²) in [5.41, 5.74) is 1.17. The molecule has 0 spiro atoms. The molecule has 0 bridgehead atoms. The van der Waals surface area contributed by atoms with Gasteiger partial charge in [-0.2, -0.15) is 0 Å². The summed E-state index contributed by atoms with van der Waals surface area (Å²) in [5, 5.41) is 3.36. The van der Waals surface area contributed by atoms with Gasteiger partial charge in [-0.05, 0) is 31.9 Å². The highest BCUT2D eigenvalue weighted by atomic mass is 15.3. The Hall–Kier alpha value is -1.13. The van der Waals surface area contributed by atoms with Gasteiger partial charge in [0, 0.05) is 45.3 Å². The number of nitrogens with zero attached hydrogens (tertiary/aromatic N) is 3. The van der Waals surface area contributed by atoms with Crippen LogP contribution in [0.25, 0.3) is 0 Å². The van der Waals surface area contributed by atoms with Gasteiger partial charge in [-0.1, -0.05) is 19.9 Å². The van der Waals surface area contributed by atoms with Gasteiger partial charge in [-0.25, -0.2) is 4.98 Å². The summed E-state index contributed by atoms with van der Waals surface area (Å²) < 4.78 is 0. The van der Waals surface area contributed by atoms with E-state index >= 15 is 0 Å². The van der Waals surface area contributed by atoms with E-state index in [0.29, 0.717) is 6.04 Å². The number of hydrogen-bond acceptors (Lipinski definition) is 4. The van der Waals surface area contributed by atoms with Gasteiger partial charge in [0.05, 0.1) is 5.69 Å². The number of pyridine rings is 1. The fraction of sp³-hybridized carbons (Fsp3) is 0.706. The fourth-order valence-corrected chi connectivity index (χ4v) is 2.77. The van der Waals surface area contributed by atoms with Gasteiger partial charge >= 0.3 is 0 Å². The van der Waals surface area contributed by atoms with E-state index in [0.717, 1.165) is 38.4 Å². The first kappa shape index (κ1) is 16.2. The van der Waals surface area contributed by atoms with Crippen LogP contribution < -0.4 is 5.32 Å². The molecule has 1 unspecified atom stereocenters. The molecule has 4 heteroatoms. The lowest BCUT2D eigenvalue weighted by molar-refractivity contribution is 0.0956. The molecule has 2 rings (SSSR count). The van der Waals surface area contributed by atoms with E-state index in [4.69, 9.17) is 4.98 Å². The molecule has 0 saturated carbocycles. The van der Waals surface area contributed by atoms with E-state index in [9.17, 15) is 0 Å². The topological polar surface area (TPSA) is 31.4 Å². The van der Waals surface area contributed by atoms with Gasteiger partial charge in [-0.15, -0.1) is 0 Å². The first-order chi connectivity index (χ1) is 10.2. The number of anilines is 1. The van der Waals surface area contributed by atoms with Crippen molar-refractivity contribution in [2.75, 3.05) is 38.0 Å². The number of piperazine rings is 1. The molecule has 1 aromatic heterocycles. The molecule has 118 valence electrons. The van der Waals surface area contributed by atoms with Crippen molar-refractivity contribution in [3.63, 3.8) is 0 Å². The smallest absolute Gasteiger partial charge is 0.126 e. The zero-order valence-electron chi connectivity index (χ0n) is 13.8. The largest absolute Gasteiger partial charge is 0.370 e. The minimum absolute atomic E-state index is 0.715. The van der Waals surface area contributed by atoms with Crippen molar-refractivity contribution < 1.29 is 0 Å². The van der Waals surface area contributed by atoms with Crippen molar-refractivity contribution in [2.45, 2.75) is 46.2 Å². The van der Waals surface area contributed by atoms with Crippen molar-refractivity contribution in [3.8, 4) is 0 Å². The summed E-state index contributed by atoms with van der Waals surface area (Å²) in [6.45, 7) is 13.4. The zero-order valence-corrected chi connectivity index (χ0v) is 13.8. The molecular formula is C17H30N4. The fourth-order valence-electron chi connectivity index (χ4n) is 2.77. The molecule has 0 radical (unpaired) electrons. The van der Waals surface area contributed by atoms with Gasteiger partial charge in [0.15, 0.2) is 0 Å². The second kappa shape index (κ2) is 8.35. The third kappa shape index (κ3) is 4.97. The SMILES string of the molecule is CCCNc1cccc(CN2CCN(C(C)CC)CC2)n1. The maximum Gasteiger partial charge on any atom is 0.126 e. The van der Waals surface area contributed by atoms with E-state index in [1.165, 1.54) is 25.2 Å². The highest BCUT2D eigenvalue weighted by molar-refractivity contribution is 5.35. The molecule has 1 aliphatic heterocycles. The predicted octanol–water partition coefficient (Wildman–Crippen LogP) is 2.82. The summed E-state index contributed by atoms with van der Waals surface area (Å²) in [6, 6.07) is 7.01. The molecule has 0 aromatic carbocycles. The molecule has 0 amide bonds. The van der Waals surface area contributed by atoms with Crippen LogP contribution in [0.5, 0.6) is 0 Å². The van der Waals surface area contributed by atoms with E-state index in [-0.39, 0.29) is 0 Å². The Morgan fingerprint density at radius 3 is 2.62 bits per heavy atom. The Morgan fingerprint density at radius 2 is 1.95 bits per heavy atom. The van der Waals surface area contributed by atoms with Gasteiger partial charge in [0.1, 0.15) is 5.82 Å². The summed E-state index contributed by atoms with van der Waals surface area (Å²) >= 11 is 0. The number of aromatic nitrogens is 1. The number of hydrogen-bond donors (Lipinski definition) is 1. The predicted molar refractivity (Wildman–Crippen MR) is 89.6 cm³/mol. The Kier molecular flexibility index (Phi) is 6.46. The summed E-state index contributed by atoms with van der Waals surface area (Å²) in [5.74, 6) is 1.01. The quantitative estimate of drug-likeness (QED) is 0.837. The second-order valence-electron chi connectivity index (χ2n) is 6.01. The zero-order chi connectivity index (χ0) is 15.1. The highest BCUT2D eigenvalue weighted by Crippen LogP contribution is 2.12. The molecule has 0 aliphatic carbocycles. The van der Waals surface area contributed by atoms with Crippen LogP contribution in [0.15, 0.2) is 18.2 Å². The first-order valence-electron chi connectivity index (χ1n) is 8.39. The third-order valence-corrected chi connectivity index (χ3v) is 4.37. The summed E-state index contributed by atoms with van der Waals surface area (Å²) in [4.78, 5) is 9.83. The normalized spacial score (nSPS) is 18.6. The maximum absolute atomic E-state index is 4.71. The minimum Gasteiger partial charge on any atom is -0.370 e. The van der Waals surface area contributed by atoms with Crippen LogP contribution in [-0.4, -0.2) is 53.5 Å². The van der Waals surface area contributed by atoms with E-state index in [2.05, 4.69) is 54.1 Å². The summed E-state index contributed by atoms with van der Waals surface area (Å²) in [6.07, 6.45) is 2.37. The van der Waals surface area contributed by atoms with Gasteiger partial charge in [0.25, 0.3) is 0 Å². The lowest BCUT2D eigenvalue weighted by Crippen LogP contribution is -2.49. The molecule has 4 nitrogen and oxygen atoms in total. The van der Waals surface area contributed by atoms with Crippen LogP contribution in [0, 0.1) is 0 Å². The van der Waals surface area contributed by atoms with E-state index < -0.39 is 0 Å². The number of rotatable bonds is 7. The molecular weight excluding hydrogens is 260 g/mol. The highest BCUT2D eigenvalue weighted by Gasteiger charge is 2.20. The molecule has 1 N–H and O–H groups in total. The molecule has 2 heterocycles. The average molecular weight is 290 g/mol. The molecule has 1 saturated heterocycles. The van der Waals surface area contributed by atoms with Gasteiger partial charge < -0.3 is 5.32 Å². The second-order valence-corrected chi connectivity index (χ2v) is 6.01. The van der Waals surface area contributed by atoms with Gasteiger partial charge in [0.2, 0.25) is 0 Å². The lowest BCUT2D eigenvalue weighted by Gasteiger charge is -2.37. The Morgan fingerprint density at radius 1 is 1.19 bits per heavy atom.